The van der Waals surface area contributed by atoms with Crippen molar-refractivity contribution in [3.05, 3.63) is 108 Å². The number of ether oxygens (including phenoxy) is 4. The molecule has 1 heterocycles. The van der Waals surface area contributed by atoms with E-state index in [4.69, 9.17) is 18.9 Å². The van der Waals surface area contributed by atoms with E-state index in [1.54, 1.807) is 25.7 Å². The smallest absolute Gasteiger partial charge is 0.437 e. The van der Waals surface area contributed by atoms with Gasteiger partial charge in [-0.05, 0) is 50.3 Å². The fourth-order valence-electron chi connectivity index (χ4n) is 5.21. The molecule has 266 valence electrons. The minimum atomic E-state index is -1.10. The lowest BCUT2D eigenvalue weighted by molar-refractivity contribution is -0.127. The van der Waals surface area contributed by atoms with E-state index in [1.165, 1.54) is 7.11 Å². The number of likely N-dealkylation sites (tertiary alicyclic amines) is 1. The zero-order valence-corrected chi connectivity index (χ0v) is 28.8. The molecule has 2 unspecified atom stereocenters. The van der Waals surface area contributed by atoms with E-state index >= 15 is 0 Å². The molecule has 0 aliphatic carbocycles. The number of nitrogens with one attached hydrogen (secondary N) is 3. The fourth-order valence-corrected chi connectivity index (χ4v) is 5.21. The second kappa shape index (κ2) is 18.4. The molecule has 0 aromatic heterocycles. The summed E-state index contributed by atoms with van der Waals surface area (Å²) in [6.45, 7) is 5.89. The van der Waals surface area contributed by atoms with Gasteiger partial charge in [-0.3, -0.25) is 10.1 Å². The van der Waals surface area contributed by atoms with Crippen molar-refractivity contribution in [3.8, 4) is 0 Å². The number of carbonyl (C=O) groups excluding carboxylic acids is 4. The molecule has 1 aliphatic rings. The highest BCUT2D eigenvalue weighted by atomic mass is 16.6. The second-order valence-corrected chi connectivity index (χ2v) is 12.6. The van der Waals surface area contributed by atoms with Gasteiger partial charge in [0.05, 0.1) is 0 Å². The van der Waals surface area contributed by atoms with Crippen LogP contribution in [0.25, 0.3) is 0 Å². The van der Waals surface area contributed by atoms with Gasteiger partial charge >= 0.3 is 18.3 Å². The third kappa shape index (κ3) is 12.2. The third-order valence-electron chi connectivity index (χ3n) is 7.61. The quantitative estimate of drug-likeness (QED) is 0.143. The second-order valence-electron chi connectivity index (χ2n) is 12.6. The topological polar surface area (TPSA) is 157 Å². The lowest BCUT2D eigenvalue weighted by atomic mass is 9.99. The molecule has 13 nitrogen and oxygen atoms in total. The normalized spacial score (nSPS) is 14.9. The van der Waals surface area contributed by atoms with E-state index in [0.717, 1.165) is 11.1 Å². The molecular weight excluding hydrogens is 642 g/mol. The first-order valence-corrected chi connectivity index (χ1v) is 16.4. The summed E-state index contributed by atoms with van der Waals surface area (Å²) in [5, 5.41) is 8.31. The zero-order chi connectivity index (χ0) is 35.9. The van der Waals surface area contributed by atoms with Crippen molar-refractivity contribution >= 4 is 30.1 Å². The summed E-state index contributed by atoms with van der Waals surface area (Å²) < 4.78 is 21.8. The molecule has 3 aromatic carbocycles. The van der Waals surface area contributed by atoms with Crippen LogP contribution in [-0.2, 0) is 37.0 Å². The summed E-state index contributed by atoms with van der Waals surface area (Å²) in [5.41, 5.74) is 1.50. The van der Waals surface area contributed by atoms with Gasteiger partial charge in [0.15, 0.2) is 0 Å². The van der Waals surface area contributed by atoms with Crippen molar-refractivity contribution in [1.29, 1.82) is 0 Å². The van der Waals surface area contributed by atoms with Gasteiger partial charge in [-0.15, -0.1) is 4.99 Å². The maximum Gasteiger partial charge on any atom is 0.437 e. The van der Waals surface area contributed by atoms with Crippen LogP contribution < -0.4 is 16.0 Å². The molecule has 0 saturated carbocycles. The first-order chi connectivity index (χ1) is 24.0. The van der Waals surface area contributed by atoms with E-state index in [1.807, 2.05) is 91.0 Å². The van der Waals surface area contributed by atoms with Gasteiger partial charge < -0.3 is 34.5 Å². The van der Waals surface area contributed by atoms with Crippen LogP contribution >= 0.6 is 0 Å². The number of amides is 4. The molecule has 1 saturated heterocycles. The third-order valence-corrected chi connectivity index (χ3v) is 7.61. The lowest BCUT2D eigenvalue weighted by Crippen LogP contribution is -2.56. The summed E-state index contributed by atoms with van der Waals surface area (Å²) in [4.78, 5) is 57.9. The van der Waals surface area contributed by atoms with E-state index in [9.17, 15) is 19.2 Å². The molecule has 3 N–H and O–H groups in total. The van der Waals surface area contributed by atoms with Crippen molar-refractivity contribution in [2.24, 2.45) is 4.99 Å². The molecule has 3 aromatic rings. The Labute approximate surface area is 292 Å². The predicted molar refractivity (Wildman–Crippen MR) is 186 cm³/mol. The first kappa shape index (κ1) is 37.4. The number of hydrogen-bond donors (Lipinski definition) is 3. The Kier molecular flexibility index (Phi) is 13.7. The maximum absolute atomic E-state index is 13.7. The highest BCUT2D eigenvalue weighted by molar-refractivity contribution is 5.98. The molecule has 4 rings (SSSR count). The van der Waals surface area contributed by atoms with Gasteiger partial charge in [-0.2, -0.15) is 0 Å². The molecule has 13 heteroatoms. The monoisotopic (exact) mass is 687 g/mol. The van der Waals surface area contributed by atoms with Crippen LogP contribution in [0.15, 0.2) is 96.0 Å². The summed E-state index contributed by atoms with van der Waals surface area (Å²) >= 11 is 0. The van der Waals surface area contributed by atoms with Crippen LogP contribution in [0.2, 0.25) is 0 Å². The number of hydrogen-bond acceptors (Lipinski definition) is 8. The summed E-state index contributed by atoms with van der Waals surface area (Å²) in [7, 11) is 1.47. The number of carbonyl (C=O) groups is 4. The predicted octanol–water partition coefficient (Wildman–Crippen LogP) is 5.47. The van der Waals surface area contributed by atoms with Gasteiger partial charge in [0.25, 0.3) is 0 Å². The van der Waals surface area contributed by atoms with Crippen LogP contribution in [0.1, 0.15) is 56.4 Å². The maximum atomic E-state index is 13.7. The number of nitrogens with zero attached hydrogens (tertiary/aromatic N) is 2. The number of aliphatic imine (C=N–C) groups is 1. The Morgan fingerprint density at radius 2 is 1.34 bits per heavy atom. The van der Waals surface area contributed by atoms with Gasteiger partial charge in [-0.1, -0.05) is 91.0 Å². The Hall–Kier alpha value is -5.43. The number of piperidine rings is 1. The standard InChI is InChI=1S/C37H45N5O8/c1-37(2,3)50-36(46)39-30(31(47-4)28-18-12-7-13-19-28)32(43)38-29-20-22-42(23-21-29)33(40-34(44)48-24-26-14-8-5-9-15-26)41-35(45)49-25-27-16-10-6-11-17-27/h5-19,29-31H,20-25H2,1-4H3,(H,38,43)(H,39,46)(H,40,41,44,45). The zero-order valence-electron chi connectivity index (χ0n) is 28.8. The number of guanidine groups is 1. The number of rotatable bonds is 10. The average Bonchev–Trinajstić information content (AvgIpc) is 3.10. The number of benzene rings is 3. The summed E-state index contributed by atoms with van der Waals surface area (Å²) in [6.07, 6.45) is -2.35. The molecule has 0 spiro atoms. The van der Waals surface area contributed by atoms with Crippen molar-refractivity contribution < 1.29 is 38.1 Å². The largest absolute Gasteiger partial charge is 0.444 e. The Morgan fingerprint density at radius 1 is 0.800 bits per heavy atom. The van der Waals surface area contributed by atoms with Gasteiger partial charge in [0, 0.05) is 26.2 Å². The highest BCUT2D eigenvalue weighted by Crippen LogP contribution is 2.22. The fraction of sp³-hybridized carbons (Fsp3) is 0.378. The summed E-state index contributed by atoms with van der Waals surface area (Å²) in [5.74, 6) is -0.482. The Bertz CT molecular complexity index is 1570. The molecule has 50 heavy (non-hydrogen) atoms. The minimum Gasteiger partial charge on any atom is -0.444 e. The van der Waals surface area contributed by atoms with Crippen molar-refractivity contribution in [2.45, 2.75) is 70.6 Å². The van der Waals surface area contributed by atoms with Crippen LogP contribution in [0.4, 0.5) is 14.4 Å². The highest BCUT2D eigenvalue weighted by Gasteiger charge is 2.35. The molecule has 1 aliphatic heterocycles. The summed E-state index contributed by atoms with van der Waals surface area (Å²) in [6, 6.07) is 26.0. The number of alkyl carbamates (subject to hydrolysis) is 2. The van der Waals surface area contributed by atoms with Crippen LogP contribution in [0.5, 0.6) is 0 Å². The van der Waals surface area contributed by atoms with E-state index < -0.39 is 41.9 Å². The van der Waals surface area contributed by atoms with Crippen LogP contribution in [-0.4, -0.2) is 72.9 Å². The lowest BCUT2D eigenvalue weighted by Gasteiger charge is -2.35. The van der Waals surface area contributed by atoms with Gasteiger partial charge in [0.1, 0.15) is 31.0 Å². The molecule has 4 amide bonds. The van der Waals surface area contributed by atoms with Crippen LogP contribution in [0.3, 0.4) is 0 Å². The molecule has 0 radical (unpaired) electrons. The minimum absolute atomic E-state index is 0.00690. The molecule has 1 fully saturated rings. The Morgan fingerprint density at radius 3 is 1.88 bits per heavy atom. The van der Waals surface area contributed by atoms with E-state index in [2.05, 4.69) is 20.9 Å². The van der Waals surface area contributed by atoms with Crippen molar-refractivity contribution in [3.63, 3.8) is 0 Å². The number of methoxy groups -OCH3 is 1. The SMILES string of the molecule is COC(c1ccccc1)C(NC(=O)OC(C)(C)C)C(=O)NC1CCN(C(=NC(=O)OCc2ccccc2)NC(=O)OCc2ccccc2)CC1. The molecular formula is C37H45N5O8. The van der Waals surface area contributed by atoms with E-state index in [0.29, 0.717) is 31.5 Å². The van der Waals surface area contributed by atoms with Crippen molar-refractivity contribution in [2.75, 3.05) is 20.2 Å². The van der Waals surface area contributed by atoms with Gasteiger partial charge in [-0.25, -0.2) is 14.4 Å². The molecule has 2 atom stereocenters. The Balaban J connectivity index is 1.42. The van der Waals surface area contributed by atoms with Crippen LogP contribution in [0, 0.1) is 0 Å². The average molecular weight is 688 g/mol. The molecule has 0 bridgehead atoms. The van der Waals surface area contributed by atoms with Gasteiger partial charge in [0.2, 0.25) is 11.9 Å². The van der Waals surface area contributed by atoms with Crippen molar-refractivity contribution in [1.82, 2.24) is 20.9 Å². The first-order valence-electron chi connectivity index (χ1n) is 16.4. The van der Waals surface area contributed by atoms with E-state index in [-0.39, 0.29) is 25.2 Å².